The number of nitrogens with one attached hydrogen (secondary N) is 1. The van der Waals surface area contributed by atoms with Gasteiger partial charge in [-0.3, -0.25) is 14.4 Å². The lowest BCUT2D eigenvalue weighted by atomic mass is 10.1. The van der Waals surface area contributed by atoms with E-state index in [0.717, 1.165) is 10.6 Å². The molecular weight excluding hydrogens is 378 g/mol. The van der Waals surface area contributed by atoms with Crippen LogP contribution in [0.3, 0.4) is 0 Å². The molecule has 2 aromatic rings. The summed E-state index contributed by atoms with van der Waals surface area (Å²) >= 11 is 1.35. The molecule has 1 aliphatic heterocycles. The molecule has 7 heteroatoms. The van der Waals surface area contributed by atoms with Crippen molar-refractivity contribution < 1.29 is 23.9 Å². The van der Waals surface area contributed by atoms with Gasteiger partial charge in [0.05, 0.1) is 24.0 Å². The number of carbonyl (C=O) groups excluding carboxylic acids is 3. The largest absolute Gasteiger partial charge is 0.493 e. The van der Waals surface area contributed by atoms with E-state index in [0.29, 0.717) is 23.5 Å². The highest BCUT2D eigenvalue weighted by molar-refractivity contribution is 8.01. The minimum atomic E-state index is -0.544. The molecule has 1 heterocycles. The van der Waals surface area contributed by atoms with E-state index in [1.165, 1.54) is 18.7 Å². The van der Waals surface area contributed by atoms with Crippen LogP contribution in [0.25, 0.3) is 0 Å². The highest BCUT2D eigenvalue weighted by Gasteiger charge is 2.29. The van der Waals surface area contributed by atoms with Crippen LogP contribution < -0.4 is 10.1 Å². The molecule has 0 spiro atoms. The van der Waals surface area contributed by atoms with Gasteiger partial charge in [-0.05, 0) is 44.2 Å². The van der Waals surface area contributed by atoms with E-state index in [4.69, 9.17) is 9.47 Å². The molecule has 6 nitrogen and oxygen atoms in total. The van der Waals surface area contributed by atoms with Crippen LogP contribution in [0.4, 0.5) is 5.69 Å². The molecule has 0 aliphatic carbocycles. The molecule has 0 saturated heterocycles. The lowest BCUT2D eigenvalue weighted by Gasteiger charge is -2.23. The minimum absolute atomic E-state index is 0.0229. The molecule has 0 aromatic heterocycles. The maximum Gasteiger partial charge on any atom is 0.307 e. The van der Waals surface area contributed by atoms with Crippen molar-refractivity contribution in [3.8, 4) is 5.75 Å². The molecule has 0 bridgehead atoms. The summed E-state index contributed by atoms with van der Waals surface area (Å²) in [6.45, 7) is 3.76. The van der Waals surface area contributed by atoms with Gasteiger partial charge in [-0.1, -0.05) is 12.1 Å². The van der Waals surface area contributed by atoms with Crippen molar-refractivity contribution in [2.45, 2.75) is 37.0 Å². The molecule has 0 fully saturated rings. The number of Topliss-reactive ketones (excluding diaryl/α,β-unsaturated/α-hetero) is 1. The van der Waals surface area contributed by atoms with E-state index >= 15 is 0 Å². The van der Waals surface area contributed by atoms with Crippen LogP contribution >= 0.6 is 11.8 Å². The number of para-hydroxylation sites is 1. The Hall–Kier alpha value is -2.80. The van der Waals surface area contributed by atoms with Gasteiger partial charge in [-0.25, -0.2) is 0 Å². The molecule has 2 aromatic carbocycles. The second-order valence-electron chi connectivity index (χ2n) is 6.27. The highest BCUT2D eigenvalue weighted by atomic mass is 32.2. The van der Waals surface area contributed by atoms with Crippen molar-refractivity contribution in [2.24, 2.45) is 0 Å². The van der Waals surface area contributed by atoms with E-state index in [1.807, 2.05) is 31.2 Å². The van der Waals surface area contributed by atoms with Crippen LogP contribution in [0.2, 0.25) is 0 Å². The first-order valence-electron chi connectivity index (χ1n) is 8.96. The number of esters is 1. The number of ketones is 1. The fourth-order valence-electron chi connectivity index (χ4n) is 2.80. The summed E-state index contributed by atoms with van der Waals surface area (Å²) in [5.41, 5.74) is 1.90. The predicted octanol–water partition coefficient (Wildman–Crippen LogP) is 3.83. The van der Waals surface area contributed by atoms with E-state index in [-0.39, 0.29) is 24.7 Å². The zero-order valence-electron chi connectivity index (χ0n) is 15.7. The van der Waals surface area contributed by atoms with E-state index < -0.39 is 11.2 Å². The predicted molar refractivity (Wildman–Crippen MR) is 107 cm³/mol. The second kappa shape index (κ2) is 8.93. The first-order valence-corrected chi connectivity index (χ1v) is 9.84. The smallest absolute Gasteiger partial charge is 0.307 e. The number of hydrogen-bond acceptors (Lipinski definition) is 6. The molecule has 1 amide bonds. The SMILES string of the molecule is CCOc1ccc(C(C)=O)cc1COC(=O)C[C@H]1Sc2ccccc2NC1=O. The van der Waals surface area contributed by atoms with Crippen molar-refractivity contribution in [3.05, 3.63) is 53.6 Å². The quantitative estimate of drug-likeness (QED) is 0.563. The maximum atomic E-state index is 12.3. The van der Waals surface area contributed by atoms with Gasteiger partial charge in [0.15, 0.2) is 5.78 Å². The molecule has 1 N–H and O–H groups in total. The molecule has 146 valence electrons. The van der Waals surface area contributed by atoms with Crippen molar-refractivity contribution in [3.63, 3.8) is 0 Å². The third-order valence-electron chi connectivity index (χ3n) is 4.21. The molecule has 0 saturated carbocycles. The number of anilines is 1. The van der Waals surface area contributed by atoms with E-state index in [1.54, 1.807) is 18.2 Å². The molecule has 3 rings (SSSR count). The third kappa shape index (κ3) is 4.72. The number of carbonyl (C=O) groups is 3. The van der Waals surface area contributed by atoms with Crippen LogP contribution in [0.1, 0.15) is 36.2 Å². The Morgan fingerprint density at radius 2 is 1.96 bits per heavy atom. The molecule has 0 radical (unpaired) electrons. The number of fused-ring (bicyclic) bond motifs is 1. The summed E-state index contributed by atoms with van der Waals surface area (Å²) in [7, 11) is 0. The van der Waals surface area contributed by atoms with Gasteiger partial charge in [0.1, 0.15) is 12.4 Å². The first-order chi connectivity index (χ1) is 13.5. The van der Waals surface area contributed by atoms with Crippen LogP contribution in [0, 0.1) is 0 Å². The molecule has 0 unspecified atom stereocenters. The molecule has 28 heavy (non-hydrogen) atoms. The van der Waals surface area contributed by atoms with Gasteiger partial charge in [-0.2, -0.15) is 0 Å². The summed E-state index contributed by atoms with van der Waals surface area (Å²) in [5.74, 6) is -0.208. The fourth-order valence-corrected chi connectivity index (χ4v) is 3.90. The first kappa shape index (κ1) is 19.9. The van der Waals surface area contributed by atoms with Crippen LogP contribution in [0.5, 0.6) is 5.75 Å². The molecular formula is C21H21NO5S. The highest BCUT2D eigenvalue weighted by Crippen LogP contribution is 2.36. The minimum Gasteiger partial charge on any atom is -0.493 e. The Balaban J connectivity index is 1.64. The number of rotatable bonds is 7. The summed E-state index contributed by atoms with van der Waals surface area (Å²) in [6, 6.07) is 12.5. The number of amides is 1. The number of ether oxygens (including phenoxy) is 2. The van der Waals surface area contributed by atoms with E-state index in [9.17, 15) is 14.4 Å². The van der Waals surface area contributed by atoms with E-state index in [2.05, 4.69) is 5.32 Å². The van der Waals surface area contributed by atoms with Crippen molar-refractivity contribution in [1.29, 1.82) is 0 Å². The molecule has 1 aliphatic rings. The van der Waals surface area contributed by atoms with Crippen LogP contribution in [-0.4, -0.2) is 29.5 Å². The maximum absolute atomic E-state index is 12.3. The monoisotopic (exact) mass is 399 g/mol. The average molecular weight is 399 g/mol. The topological polar surface area (TPSA) is 81.7 Å². The Labute approximate surface area is 167 Å². The third-order valence-corrected chi connectivity index (χ3v) is 5.49. The average Bonchev–Trinajstić information content (AvgIpc) is 2.68. The van der Waals surface area contributed by atoms with Gasteiger partial charge in [0.25, 0.3) is 0 Å². The van der Waals surface area contributed by atoms with Gasteiger partial charge in [0.2, 0.25) is 5.91 Å². The summed E-state index contributed by atoms with van der Waals surface area (Å²) in [4.78, 5) is 37.1. The summed E-state index contributed by atoms with van der Waals surface area (Å²) in [5, 5.41) is 2.27. The van der Waals surface area contributed by atoms with Gasteiger partial charge >= 0.3 is 5.97 Å². The Bertz CT molecular complexity index is 911. The second-order valence-corrected chi connectivity index (χ2v) is 7.51. The number of thioether (sulfide) groups is 1. The lowest BCUT2D eigenvalue weighted by Crippen LogP contribution is -2.31. The number of benzene rings is 2. The summed E-state index contributed by atoms with van der Waals surface area (Å²) < 4.78 is 10.9. The fraction of sp³-hybridized carbons (Fsp3) is 0.286. The normalized spacial score (nSPS) is 15.4. The van der Waals surface area contributed by atoms with Crippen molar-refractivity contribution >= 4 is 35.1 Å². The van der Waals surface area contributed by atoms with Gasteiger partial charge in [0, 0.05) is 16.0 Å². The Morgan fingerprint density at radius 1 is 1.18 bits per heavy atom. The number of hydrogen-bond donors (Lipinski definition) is 1. The van der Waals surface area contributed by atoms with Crippen molar-refractivity contribution in [2.75, 3.05) is 11.9 Å². The lowest BCUT2D eigenvalue weighted by molar-refractivity contribution is -0.145. The standard InChI is InChI=1S/C21H21NO5S/c1-3-26-17-9-8-14(13(2)23)10-15(17)12-27-20(24)11-19-21(25)22-16-6-4-5-7-18(16)28-19/h4-10,19H,3,11-12H2,1-2H3,(H,22,25)/t19-/m1/s1. The van der Waals surface area contributed by atoms with Crippen LogP contribution in [0.15, 0.2) is 47.4 Å². The van der Waals surface area contributed by atoms with Gasteiger partial charge < -0.3 is 14.8 Å². The van der Waals surface area contributed by atoms with Gasteiger partial charge in [-0.15, -0.1) is 11.8 Å². The Kier molecular flexibility index (Phi) is 6.36. The van der Waals surface area contributed by atoms with Crippen LogP contribution in [-0.2, 0) is 20.9 Å². The zero-order valence-corrected chi connectivity index (χ0v) is 16.5. The summed E-state index contributed by atoms with van der Waals surface area (Å²) in [6.07, 6.45) is -0.0405. The molecule has 1 atom stereocenters. The Morgan fingerprint density at radius 3 is 2.71 bits per heavy atom. The zero-order chi connectivity index (χ0) is 20.1. The van der Waals surface area contributed by atoms with Crippen molar-refractivity contribution in [1.82, 2.24) is 0 Å².